The molecule has 0 saturated carbocycles. The van der Waals surface area contributed by atoms with Gasteiger partial charge in [-0.25, -0.2) is 0 Å². The summed E-state index contributed by atoms with van der Waals surface area (Å²) < 4.78 is 0. The molecule has 1 aliphatic rings. The zero-order chi connectivity index (χ0) is 15.1. The van der Waals surface area contributed by atoms with E-state index in [4.69, 9.17) is 0 Å². The monoisotopic (exact) mass is 288 g/mol. The van der Waals surface area contributed by atoms with Crippen molar-refractivity contribution in [2.24, 2.45) is 5.92 Å². The van der Waals surface area contributed by atoms with E-state index >= 15 is 0 Å². The van der Waals surface area contributed by atoms with E-state index in [9.17, 15) is 0 Å². The minimum Gasteiger partial charge on any atom is -0.310 e. The summed E-state index contributed by atoms with van der Waals surface area (Å²) >= 11 is 0. The van der Waals surface area contributed by atoms with Crippen LogP contribution in [0.15, 0.2) is 24.3 Å². The number of piperidine rings is 1. The maximum Gasteiger partial charge on any atom is 0.0208 e. The molecule has 2 heteroatoms. The number of hydrogen-bond donors (Lipinski definition) is 1. The Hall–Kier alpha value is -0.860. The van der Waals surface area contributed by atoms with Gasteiger partial charge in [0.05, 0.1) is 0 Å². The van der Waals surface area contributed by atoms with Crippen LogP contribution < -0.4 is 5.32 Å². The van der Waals surface area contributed by atoms with Crippen molar-refractivity contribution in [1.82, 2.24) is 10.2 Å². The third-order valence-electron chi connectivity index (χ3n) is 4.85. The average molecular weight is 288 g/mol. The summed E-state index contributed by atoms with van der Waals surface area (Å²) in [6, 6.07) is 9.65. The Labute approximate surface area is 130 Å². The SMILES string of the molecule is CCCN1CCCC(C(C)NCc2ccc(CC)cc2)C1. The van der Waals surface area contributed by atoms with E-state index in [-0.39, 0.29) is 0 Å². The predicted octanol–water partition coefficient (Wildman–Crippen LogP) is 3.85. The zero-order valence-electron chi connectivity index (χ0n) is 14.1. The minimum absolute atomic E-state index is 0.607. The van der Waals surface area contributed by atoms with E-state index in [1.54, 1.807) is 0 Å². The molecule has 1 saturated heterocycles. The molecular formula is C19H32N2. The molecule has 1 heterocycles. The quantitative estimate of drug-likeness (QED) is 0.820. The van der Waals surface area contributed by atoms with E-state index < -0.39 is 0 Å². The lowest BCUT2D eigenvalue weighted by molar-refractivity contribution is 0.150. The van der Waals surface area contributed by atoms with Crippen LogP contribution >= 0.6 is 0 Å². The number of benzene rings is 1. The zero-order valence-corrected chi connectivity index (χ0v) is 14.1. The lowest BCUT2D eigenvalue weighted by Gasteiger charge is -2.36. The Bertz CT molecular complexity index is 397. The highest BCUT2D eigenvalue weighted by molar-refractivity contribution is 5.22. The smallest absolute Gasteiger partial charge is 0.0208 e. The fraction of sp³-hybridized carbons (Fsp3) is 0.684. The minimum atomic E-state index is 0.607. The molecule has 1 aliphatic heterocycles. The Morgan fingerprint density at radius 3 is 2.57 bits per heavy atom. The molecule has 0 aliphatic carbocycles. The normalized spacial score (nSPS) is 21.4. The van der Waals surface area contributed by atoms with Gasteiger partial charge in [0.1, 0.15) is 0 Å². The topological polar surface area (TPSA) is 15.3 Å². The second-order valence-corrected chi connectivity index (χ2v) is 6.54. The van der Waals surface area contributed by atoms with Crippen molar-refractivity contribution >= 4 is 0 Å². The number of rotatable bonds is 7. The summed E-state index contributed by atoms with van der Waals surface area (Å²) in [5.74, 6) is 0.806. The average Bonchev–Trinajstić information content (AvgIpc) is 2.53. The van der Waals surface area contributed by atoms with E-state index in [1.165, 1.54) is 50.0 Å². The van der Waals surface area contributed by atoms with E-state index in [0.717, 1.165) is 18.9 Å². The van der Waals surface area contributed by atoms with Gasteiger partial charge in [0, 0.05) is 19.1 Å². The van der Waals surface area contributed by atoms with Gasteiger partial charge in [0.25, 0.3) is 0 Å². The molecule has 1 fully saturated rings. The largest absolute Gasteiger partial charge is 0.310 e. The molecule has 21 heavy (non-hydrogen) atoms. The highest BCUT2D eigenvalue weighted by atomic mass is 15.1. The summed E-state index contributed by atoms with van der Waals surface area (Å²) in [6.07, 6.45) is 5.14. The molecule has 0 amide bonds. The summed E-state index contributed by atoms with van der Waals surface area (Å²) in [4.78, 5) is 2.64. The van der Waals surface area contributed by atoms with Gasteiger partial charge in [-0.05, 0) is 62.7 Å². The van der Waals surface area contributed by atoms with Gasteiger partial charge < -0.3 is 10.2 Å². The van der Waals surface area contributed by atoms with Crippen molar-refractivity contribution in [2.75, 3.05) is 19.6 Å². The molecule has 2 nitrogen and oxygen atoms in total. The molecule has 0 aromatic heterocycles. The van der Waals surface area contributed by atoms with Gasteiger partial charge in [-0.2, -0.15) is 0 Å². The summed E-state index contributed by atoms with van der Waals surface area (Å²) in [6.45, 7) is 11.7. The van der Waals surface area contributed by atoms with E-state index in [0.29, 0.717) is 6.04 Å². The fourth-order valence-corrected chi connectivity index (χ4v) is 3.36. The van der Waals surface area contributed by atoms with E-state index in [2.05, 4.69) is 55.3 Å². The van der Waals surface area contributed by atoms with Gasteiger partial charge >= 0.3 is 0 Å². The second-order valence-electron chi connectivity index (χ2n) is 6.54. The third kappa shape index (κ3) is 5.12. The molecule has 0 bridgehead atoms. The molecule has 1 aromatic carbocycles. The maximum absolute atomic E-state index is 3.74. The molecule has 118 valence electrons. The summed E-state index contributed by atoms with van der Waals surface area (Å²) in [7, 11) is 0. The maximum atomic E-state index is 3.74. The number of nitrogens with one attached hydrogen (secondary N) is 1. The fourth-order valence-electron chi connectivity index (χ4n) is 3.36. The molecule has 0 radical (unpaired) electrons. The van der Waals surface area contributed by atoms with Crippen LogP contribution in [0.1, 0.15) is 51.2 Å². The molecule has 2 atom stereocenters. The molecule has 1 N–H and O–H groups in total. The van der Waals surface area contributed by atoms with Crippen molar-refractivity contribution in [3.8, 4) is 0 Å². The standard InChI is InChI=1S/C19H32N2/c1-4-12-21-13-6-7-19(15-21)16(3)20-14-18-10-8-17(5-2)9-11-18/h8-11,16,19-20H,4-7,12-15H2,1-3H3. The molecule has 0 spiro atoms. The van der Waals surface area contributed by atoms with Crippen LogP contribution in [0.3, 0.4) is 0 Å². The Morgan fingerprint density at radius 1 is 1.19 bits per heavy atom. The molecule has 2 unspecified atom stereocenters. The Morgan fingerprint density at radius 2 is 1.90 bits per heavy atom. The second kappa shape index (κ2) is 8.55. The lowest BCUT2D eigenvalue weighted by Crippen LogP contribution is -2.44. The first-order valence-corrected chi connectivity index (χ1v) is 8.76. The number of nitrogens with zero attached hydrogens (tertiary/aromatic N) is 1. The molecule has 2 rings (SSSR count). The van der Waals surface area contributed by atoms with Crippen LogP contribution in [0, 0.1) is 5.92 Å². The van der Waals surface area contributed by atoms with Crippen molar-refractivity contribution in [3.05, 3.63) is 35.4 Å². The first kappa shape index (κ1) is 16.5. The van der Waals surface area contributed by atoms with Crippen LogP contribution in [-0.2, 0) is 13.0 Å². The molecule has 1 aromatic rings. The highest BCUT2D eigenvalue weighted by Crippen LogP contribution is 2.20. The van der Waals surface area contributed by atoms with Crippen LogP contribution in [0.5, 0.6) is 0 Å². The first-order chi connectivity index (χ1) is 10.2. The van der Waals surface area contributed by atoms with Gasteiger partial charge in [0.15, 0.2) is 0 Å². The van der Waals surface area contributed by atoms with E-state index in [1.807, 2.05) is 0 Å². The van der Waals surface area contributed by atoms with Crippen molar-refractivity contribution in [1.29, 1.82) is 0 Å². The van der Waals surface area contributed by atoms with Crippen LogP contribution in [0.25, 0.3) is 0 Å². The lowest BCUT2D eigenvalue weighted by atomic mass is 9.91. The van der Waals surface area contributed by atoms with Crippen LogP contribution in [0.2, 0.25) is 0 Å². The van der Waals surface area contributed by atoms with Crippen molar-refractivity contribution < 1.29 is 0 Å². The van der Waals surface area contributed by atoms with Crippen LogP contribution in [0.4, 0.5) is 0 Å². The number of aryl methyl sites for hydroxylation is 1. The third-order valence-corrected chi connectivity index (χ3v) is 4.85. The van der Waals surface area contributed by atoms with Gasteiger partial charge in [-0.1, -0.05) is 38.1 Å². The van der Waals surface area contributed by atoms with Crippen molar-refractivity contribution in [2.45, 2.75) is 59.0 Å². The summed E-state index contributed by atoms with van der Waals surface area (Å²) in [5, 5.41) is 3.74. The Kier molecular flexibility index (Phi) is 6.72. The summed E-state index contributed by atoms with van der Waals surface area (Å²) in [5.41, 5.74) is 2.83. The molecular weight excluding hydrogens is 256 g/mol. The first-order valence-electron chi connectivity index (χ1n) is 8.76. The highest BCUT2D eigenvalue weighted by Gasteiger charge is 2.23. The number of likely N-dealkylation sites (tertiary alicyclic amines) is 1. The number of hydrogen-bond acceptors (Lipinski definition) is 2. The van der Waals surface area contributed by atoms with Crippen LogP contribution in [-0.4, -0.2) is 30.6 Å². The van der Waals surface area contributed by atoms with Crippen molar-refractivity contribution in [3.63, 3.8) is 0 Å². The van der Waals surface area contributed by atoms with Gasteiger partial charge in [0.2, 0.25) is 0 Å². The van der Waals surface area contributed by atoms with Gasteiger partial charge in [-0.3, -0.25) is 0 Å². The van der Waals surface area contributed by atoms with Gasteiger partial charge in [-0.15, -0.1) is 0 Å². The predicted molar refractivity (Wildman–Crippen MR) is 91.6 cm³/mol. The Balaban J connectivity index is 1.78.